The van der Waals surface area contributed by atoms with Gasteiger partial charge in [-0.25, -0.2) is 4.79 Å². The van der Waals surface area contributed by atoms with Gasteiger partial charge in [-0.05, 0) is 54.8 Å². The normalized spacial score (nSPS) is 23.0. The van der Waals surface area contributed by atoms with Gasteiger partial charge in [0.1, 0.15) is 22.9 Å². The van der Waals surface area contributed by atoms with Gasteiger partial charge in [0.25, 0.3) is 11.8 Å². The van der Waals surface area contributed by atoms with E-state index in [0.29, 0.717) is 34.7 Å². The van der Waals surface area contributed by atoms with E-state index in [9.17, 15) is 14.4 Å². The number of nitrogens with one attached hydrogen (secondary N) is 3. The number of fused-ring (bicyclic) bond motifs is 2. The molecule has 206 valence electrons. The van der Waals surface area contributed by atoms with Crippen LogP contribution in [0.1, 0.15) is 40.1 Å². The third-order valence-electron chi connectivity index (χ3n) is 8.47. The van der Waals surface area contributed by atoms with Gasteiger partial charge >= 0.3 is 6.03 Å². The summed E-state index contributed by atoms with van der Waals surface area (Å²) in [6, 6.07) is 12.6. The molecule has 1 saturated carbocycles. The number of rotatable bonds is 6. The number of urea groups is 1. The quantitative estimate of drug-likeness (QED) is 0.247. The maximum absolute atomic E-state index is 13.3. The topological polar surface area (TPSA) is 131 Å². The standard InChI is InChI=1S/C29H30N6O5/c1-39-21-6-2-18-15-35(26(36)22(18)14-21)16-29(27(37)31-28(38)32-29)24-13-19-12-17(3-7-23(19)40-24)25(30)34-10-8-33(9-11-34)20-4-5-20/h2-3,6-7,12-14,20,30H,4-5,8-11,15-16H2,1H3,(H2,31,32,37,38). The molecule has 1 aliphatic carbocycles. The van der Waals surface area contributed by atoms with Crippen molar-refractivity contribution in [3.05, 3.63) is 64.9 Å². The zero-order valence-corrected chi connectivity index (χ0v) is 22.2. The maximum atomic E-state index is 13.3. The minimum atomic E-state index is -1.59. The van der Waals surface area contributed by atoms with Crippen LogP contribution in [0.5, 0.6) is 5.75 Å². The van der Waals surface area contributed by atoms with E-state index < -0.39 is 17.5 Å². The summed E-state index contributed by atoms with van der Waals surface area (Å²) in [5.41, 5.74) is 1.01. The largest absolute Gasteiger partial charge is 0.497 e. The first kappa shape index (κ1) is 24.6. The van der Waals surface area contributed by atoms with Crippen molar-refractivity contribution < 1.29 is 23.5 Å². The van der Waals surface area contributed by atoms with E-state index in [1.54, 1.807) is 24.3 Å². The Kier molecular flexibility index (Phi) is 5.60. The minimum Gasteiger partial charge on any atom is -0.497 e. The first-order chi connectivity index (χ1) is 19.3. The molecule has 0 spiro atoms. The lowest BCUT2D eigenvalue weighted by atomic mass is 9.95. The number of amidine groups is 1. The van der Waals surface area contributed by atoms with Crippen LogP contribution in [0.3, 0.4) is 0 Å². The zero-order valence-electron chi connectivity index (χ0n) is 22.2. The number of nitrogens with zero attached hydrogens (tertiary/aromatic N) is 3. The summed E-state index contributed by atoms with van der Waals surface area (Å²) >= 11 is 0. The molecule has 1 aromatic heterocycles. The van der Waals surface area contributed by atoms with Crippen molar-refractivity contribution >= 4 is 34.7 Å². The van der Waals surface area contributed by atoms with Gasteiger partial charge in [0.05, 0.1) is 13.7 Å². The van der Waals surface area contributed by atoms with E-state index in [1.807, 2.05) is 18.2 Å². The van der Waals surface area contributed by atoms with Gasteiger partial charge in [-0.15, -0.1) is 0 Å². The van der Waals surface area contributed by atoms with Crippen LogP contribution in [0, 0.1) is 5.41 Å². The highest BCUT2D eigenvalue weighted by molar-refractivity contribution is 6.08. The monoisotopic (exact) mass is 542 g/mol. The Morgan fingerprint density at radius 1 is 1.07 bits per heavy atom. The molecular weight excluding hydrogens is 512 g/mol. The fourth-order valence-corrected chi connectivity index (χ4v) is 6.07. The molecule has 3 fully saturated rings. The average Bonchev–Trinajstić information content (AvgIpc) is 3.56. The molecule has 3 aromatic rings. The van der Waals surface area contributed by atoms with Crippen molar-refractivity contribution in [1.29, 1.82) is 5.41 Å². The number of benzene rings is 2. The van der Waals surface area contributed by atoms with Crippen molar-refractivity contribution in [2.75, 3.05) is 39.8 Å². The smallest absolute Gasteiger partial charge is 0.322 e. The number of carbonyl (C=O) groups excluding carboxylic acids is 3. The van der Waals surface area contributed by atoms with Gasteiger partial charge in [-0.1, -0.05) is 6.07 Å². The number of hydrogen-bond acceptors (Lipinski definition) is 7. The second-order valence-electron chi connectivity index (χ2n) is 11.0. The number of piperazine rings is 1. The number of methoxy groups -OCH3 is 1. The van der Waals surface area contributed by atoms with Crippen LogP contribution in [0.4, 0.5) is 4.79 Å². The van der Waals surface area contributed by atoms with E-state index in [0.717, 1.165) is 43.3 Å². The zero-order chi connectivity index (χ0) is 27.6. The van der Waals surface area contributed by atoms with E-state index >= 15 is 0 Å². The van der Waals surface area contributed by atoms with Crippen molar-refractivity contribution in [3.8, 4) is 5.75 Å². The summed E-state index contributed by atoms with van der Waals surface area (Å²) in [7, 11) is 1.54. The van der Waals surface area contributed by atoms with Crippen LogP contribution >= 0.6 is 0 Å². The van der Waals surface area contributed by atoms with Crippen LogP contribution in [0.2, 0.25) is 0 Å². The molecule has 2 saturated heterocycles. The number of ether oxygens (including phenoxy) is 1. The van der Waals surface area contributed by atoms with Gasteiger partial charge in [0.15, 0.2) is 5.54 Å². The first-order valence-electron chi connectivity index (χ1n) is 13.6. The molecule has 0 radical (unpaired) electrons. The van der Waals surface area contributed by atoms with E-state index in [2.05, 4.69) is 20.4 Å². The molecule has 7 rings (SSSR count). The molecule has 3 aliphatic heterocycles. The third kappa shape index (κ3) is 4.00. The van der Waals surface area contributed by atoms with E-state index in [1.165, 1.54) is 24.9 Å². The van der Waals surface area contributed by atoms with Gasteiger partial charge in [-0.2, -0.15) is 0 Å². The van der Waals surface area contributed by atoms with Crippen LogP contribution in [-0.4, -0.2) is 84.3 Å². The highest BCUT2D eigenvalue weighted by Gasteiger charge is 2.53. The molecule has 1 unspecified atom stereocenters. The SMILES string of the molecule is COc1ccc2c(c1)C(=O)N(CC1(c3cc4cc(C(=N)N5CCN(C6CC6)CC5)ccc4o3)NC(=O)NC1=O)C2. The third-order valence-corrected chi connectivity index (χ3v) is 8.47. The Hall–Kier alpha value is -4.38. The number of carbonyl (C=O) groups is 3. The highest BCUT2D eigenvalue weighted by atomic mass is 16.5. The summed E-state index contributed by atoms with van der Waals surface area (Å²) in [5.74, 6) is 0.417. The molecule has 40 heavy (non-hydrogen) atoms. The van der Waals surface area contributed by atoms with Crippen molar-refractivity contribution in [3.63, 3.8) is 0 Å². The summed E-state index contributed by atoms with van der Waals surface area (Å²) in [6.45, 7) is 3.75. The molecular formula is C29H30N6O5. The van der Waals surface area contributed by atoms with Crippen LogP contribution in [-0.2, 0) is 16.9 Å². The molecule has 1 atom stereocenters. The Balaban J connectivity index is 1.16. The Bertz CT molecular complexity index is 1570. The lowest BCUT2D eigenvalue weighted by molar-refractivity contribution is -0.125. The second-order valence-corrected chi connectivity index (χ2v) is 11.0. The Morgan fingerprint density at radius 3 is 2.58 bits per heavy atom. The number of amides is 4. The van der Waals surface area contributed by atoms with Crippen molar-refractivity contribution in [2.24, 2.45) is 0 Å². The lowest BCUT2D eigenvalue weighted by Gasteiger charge is -2.36. The molecule has 0 bridgehead atoms. The second kappa shape index (κ2) is 9.09. The van der Waals surface area contributed by atoms with Gasteiger partial charge < -0.3 is 24.3 Å². The molecule has 3 N–H and O–H groups in total. The summed E-state index contributed by atoms with van der Waals surface area (Å²) in [5, 5.41) is 14.6. The summed E-state index contributed by atoms with van der Waals surface area (Å²) in [6.07, 6.45) is 2.56. The fourth-order valence-electron chi connectivity index (χ4n) is 6.07. The summed E-state index contributed by atoms with van der Waals surface area (Å²) < 4.78 is 11.4. The number of imide groups is 1. The van der Waals surface area contributed by atoms with E-state index in [-0.39, 0.29) is 18.2 Å². The molecule has 4 heterocycles. The van der Waals surface area contributed by atoms with Crippen LogP contribution in [0.25, 0.3) is 11.0 Å². The number of furan rings is 1. The first-order valence-corrected chi connectivity index (χ1v) is 13.6. The van der Waals surface area contributed by atoms with Gasteiger partial charge in [0.2, 0.25) is 0 Å². The van der Waals surface area contributed by atoms with Gasteiger partial charge in [0, 0.05) is 55.3 Å². The fraction of sp³-hybridized carbons (Fsp3) is 0.379. The average molecular weight is 543 g/mol. The number of hydrogen-bond donors (Lipinski definition) is 3. The molecule has 11 heteroatoms. The van der Waals surface area contributed by atoms with Crippen molar-refractivity contribution in [2.45, 2.75) is 31.0 Å². The summed E-state index contributed by atoms with van der Waals surface area (Å²) in [4.78, 5) is 45.0. The Morgan fingerprint density at radius 2 is 1.88 bits per heavy atom. The van der Waals surface area contributed by atoms with Crippen LogP contribution < -0.4 is 15.4 Å². The molecule has 11 nitrogen and oxygen atoms in total. The lowest BCUT2D eigenvalue weighted by Crippen LogP contribution is -2.52. The molecule has 2 aromatic carbocycles. The predicted octanol–water partition coefficient (Wildman–Crippen LogP) is 2.24. The Labute approximate surface area is 230 Å². The molecule has 4 amide bonds. The van der Waals surface area contributed by atoms with Gasteiger partial charge in [-0.3, -0.25) is 25.2 Å². The predicted molar refractivity (Wildman–Crippen MR) is 145 cm³/mol. The van der Waals surface area contributed by atoms with Crippen LogP contribution in [0.15, 0.2) is 46.9 Å². The molecule has 4 aliphatic rings. The van der Waals surface area contributed by atoms with E-state index in [4.69, 9.17) is 14.6 Å². The maximum Gasteiger partial charge on any atom is 0.322 e. The van der Waals surface area contributed by atoms with Crippen molar-refractivity contribution in [1.82, 2.24) is 25.3 Å². The minimum absolute atomic E-state index is 0.103. The highest BCUT2D eigenvalue weighted by Crippen LogP contribution is 2.35.